The zero-order chi connectivity index (χ0) is 12.4. The lowest BCUT2D eigenvalue weighted by Crippen LogP contribution is -2.48. The molecule has 1 aliphatic heterocycles. The highest BCUT2D eigenvalue weighted by atomic mass is 16.4. The lowest BCUT2D eigenvalue weighted by molar-refractivity contribution is -0.143. The molecule has 0 radical (unpaired) electrons. The van der Waals surface area contributed by atoms with E-state index in [0.29, 0.717) is 18.7 Å². The minimum absolute atomic E-state index is 0.0318. The van der Waals surface area contributed by atoms with E-state index in [1.165, 1.54) is 11.2 Å². The van der Waals surface area contributed by atoms with Crippen molar-refractivity contribution >= 4 is 11.9 Å². The second-order valence-electron chi connectivity index (χ2n) is 4.14. The quantitative estimate of drug-likeness (QED) is 0.832. The Morgan fingerprint density at radius 1 is 1.53 bits per heavy atom. The number of aromatic nitrogens is 1. The molecule has 2 rings (SSSR count). The summed E-state index contributed by atoms with van der Waals surface area (Å²) in [5.74, 6) is -1.44. The maximum Gasteiger partial charge on any atom is 0.326 e. The first-order chi connectivity index (χ1) is 8.09. The van der Waals surface area contributed by atoms with Gasteiger partial charge in [-0.1, -0.05) is 0 Å². The van der Waals surface area contributed by atoms with Crippen LogP contribution in [0, 0.1) is 6.92 Å². The zero-order valence-electron chi connectivity index (χ0n) is 9.55. The van der Waals surface area contributed by atoms with E-state index in [1.807, 2.05) is 0 Å². The fourth-order valence-corrected chi connectivity index (χ4v) is 2.01. The molecule has 1 aromatic rings. The third kappa shape index (κ3) is 2.30. The van der Waals surface area contributed by atoms with E-state index in [-0.39, 0.29) is 5.89 Å². The second-order valence-corrected chi connectivity index (χ2v) is 4.14. The number of aryl methyl sites for hydroxylation is 1. The Bertz CT molecular complexity index is 440. The molecule has 1 aliphatic rings. The Labute approximate surface area is 98.2 Å². The summed E-state index contributed by atoms with van der Waals surface area (Å²) < 4.78 is 5.01. The van der Waals surface area contributed by atoms with Gasteiger partial charge >= 0.3 is 11.9 Å². The van der Waals surface area contributed by atoms with Gasteiger partial charge in [0.1, 0.15) is 12.3 Å². The number of carboxylic acid groups (broad SMARTS) is 1. The van der Waals surface area contributed by atoms with Crippen molar-refractivity contribution in [1.82, 2.24) is 9.88 Å². The van der Waals surface area contributed by atoms with Crippen molar-refractivity contribution in [2.24, 2.45) is 0 Å². The molecule has 1 aromatic heterocycles. The second kappa shape index (κ2) is 4.57. The van der Waals surface area contributed by atoms with Gasteiger partial charge in [0.2, 0.25) is 0 Å². The number of carbonyl (C=O) groups is 2. The van der Waals surface area contributed by atoms with E-state index in [2.05, 4.69) is 4.98 Å². The molecular weight excluding hydrogens is 224 g/mol. The molecule has 1 atom stereocenters. The van der Waals surface area contributed by atoms with E-state index >= 15 is 0 Å². The number of piperidine rings is 1. The highest BCUT2D eigenvalue weighted by molar-refractivity contribution is 5.93. The minimum Gasteiger partial charge on any atom is -0.480 e. The van der Waals surface area contributed by atoms with Gasteiger partial charge in [-0.3, -0.25) is 4.79 Å². The van der Waals surface area contributed by atoms with Crippen molar-refractivity contribution in [3.63, 3.8) is 0 Å². The molecule has 6 heteroatoms. The monoisotopic (exact) mass is 238 g/mol. The van der Waals surface area contributed by atoms with Gasteiger partial charge in [-0.15, -0.1) is 0 Å². The van der Waals surface area contributed by atoms with Crippen LogP contribution < -0.4 is 0 Å². The Hall–Kier alpha value is -1.85. The Balaban J connectivity index is 2.19. The average molecular weight is 238 g/mol. The van der Waals surface area contributed by atoms with E-state index in [9.17, 15) is 9.59 Å². The molecule has 0 bridgehead atoms. The van der Waals surface area contributed by atoms with Crippen molar-refractivity contribution in [3.8, 4) is 0 Å². The molecule has 2 heterocycles. The van der Waals surface area contributed by atoms with Gasteiger partial charge in [0.05, 0.1) is 5.69 Å². The van der Waals surface area contributed by atoms with Crippen LogP contribution in [0.1, 0.15) is 35.6 Å². The molecule has 1 unspecified atom stereocenters. The number of carbonyl (C=O) groups excluding carboxylic acids is 1. The maximum atomic E-state index is 12.0. The summed E-state index contributed by atoms with van der Waals surface area (Å²) in [6.07, 6.45) is 3.51. The van der Waals surface area contributed by atoms with Crippen LogP contribution >= 0.6 is 0 Å². The van der Waals surface area contributed by atoms with Crippen LogP contribution in [0.5, 0.6) is 0 Å². The van der Waals surface area contributed by atoms with Crippen molar-refractivity contribution < 1.29 is 19.1 Å². The van der Waals surface area contributed by atoms with Crippen LogP contribution in [-0.2, 0) is 4.79 Å². The molecule has 17 heavy (non-hydrogen) atoms. The number of nitrogens with zero attached hydrogens (tertiary/aromatic N) is 2. The van der Waals surface area contributed by atoms with Crippen molar-refractivity contribution in [2.45, 2.75) is 32.2 Å². The SMILES string of the molecule is Cc1coc(C(=O)N2CCCCC2C(=O)O)n1. The number of hydrogen-bond donors (Lipinski definition) is 1. The summed E-state index contributed by atoms with van der Waals surface area (Å²) in [5.41, 5.74) is 0.609. The summed E-state index contributed by atoms with van der Waals surface area (Å²) >= 11 is 0. The highest BCUT2D eigenvalue weighted by Crippen LogP contribution is 2.19. The largest absolute Gasteiger partial charge is 0.480 e. The molecule has 0 aliphatic carbocycles. The zero-order valence-corrected chi connectivity index (χ0v) is 9.55. The number of oxazole rings is 1. The first kappa shape index (κ1) is 11.6. The van der Waals surface area contributed by atoms with Crippen LogP contribution in [0.4, 0.5) is 0 Å². The molecule has 1 fully saturated rings. The van der Waals surface area contributed by atoms with Gasteiger partial charge in [0, 0.05) is 6.54 Å². The number of rotatable bonds is 2. The molecule has 0 aromatic carbocycles. The standard InChI is InChI=1S/C11H14N2O4/c1-7-6-17-9(12-7)10(14)13-5-3-2-4-8(13)11(15)16/h6,8H,2-5H2,1H3,(H,15,16). The predicted molar refractivity (Wildman–Crippen MR) is 57.6 cm³/mol. The Morgan fingerprint density at radius 3 is 2.88 bits per heavy atom. The van der Waals surface area contributed by atoms with Crippen LogP contribution in [0.3, 0.4) is 0 Å². The van der Waals surface area contributed by atoms with E-state index in [1.54, 1.807) is 6.92 Å². The summed E-state index contributed by atoms with van der Waals surface area (Å²) in [7, 11) is 0. The van der Waals surface area contributed by atoms with Gasteiger partial charge in [0.15, 0.2) is 0 Å². The normalized spacial score (nSPS) is 20.3. The van der Waals surface area contributed by atoms with Crippen LogP contribution in [0.15, 0.2) is 10.7 Å². The maximum absolute atomic E-state index is 12.0. The summed E-state index contributed by atoms with van der Waals surface area (Å²) in [6, 6.07) is -0.761. The smallest absolute Gasteiger partial charge is 0.326 e. The van der Waals surface area contributed by atoms with Gasteiger partial charge in [-0.25, -0.2) is 9.78 Å². The Kier molecular flexibility index (Phi) is 3.12. The van der Waals surface area contributed by atoms with E-state index < -0.39 is 17.9 Å². The molecule has 1 saturated heterocycles. The lowest BCUT2D eigenvalue weighted by atomic mass is 10.0. The summed E-state index contributed by atoms with van der Waals surface area (Å²) in [5, 5.41) is 9.06. The summed E-state index contributed by atoms with van der Waals surface area (Å²) in [6.45, 7) is 2.16. The van der Waals surface area contributed by atoms with Gasteiger partial charge in [-0.05, 0) is 26.2 Å². The van der Waals surface area contributed by atoms with Crippen molar-refractivity contribution in [3.05, 3.63) is 17.8 Å². The van der Waals surface area contributed by atoms with E-state index in [0.717, 1.165) is 12.8 Å². The molecular formula is C11H14N2O4. The topological polar surface area (TPSA) is 83.6 Å². The first-order valence-corrected chi connectivity index (χ1v) is 5.55. The Morgan fingerprint density at radius 2 is 2.29 bits per heavy atom. The molecule has 6 nitrogen and oxygen atoms in total. The third-order valence-corrected chi connectivity index (χ3v) is 2.85. The molecule has 1 N–H and O–H groups in total. The molecule has 0 saturated carbocycles. The van der Waals surface area contributed by atoms with E-state index in [4.69, 9.17) is 9.52 Å². The van der Waals surface area contributed by atoms with Crippen molar-refractivity contribution in [2.75, 3.05) is 6.54 Å². The van der Waals surface area contributed by atoms with Crippen molar-refractivity contribution in [1.29, 1.82) is 0 Å². The molecule has 1 amide bonds. The number of carboxylic acids is 1. The average Bonchev–Trinajstić information content (AvgIpc) is 2.75. The lowest BCUT2D eigenvalue weighted by Gasteiger charge is -2.31. The van der Waals surface area contributed by atoms with Gasteiger partial charge < -0.3 is 14.4 Å². The van der Waals surface area contributed by atoms with Crippen LogP contribution in [0.2, 0.25) is 0 Å². The first-order valence-electron chi connectivity index (χ1n) is 5.55. The molecule has 0 spiro atoms. The minimum atomic E-state index is -0.971. The fourth-order valence-electron chi connectivity index (χ4n) is 2.01. The summed E-state index contributed by atoms with van der Waals surface area (Å²) in [4.78, 5) is 28.4. The predicted octanol–water partition coefficient (Wildman–Crippen LogP) is 1.06. The third-order valence-electron chi connectivity index (χ3n) is 2.85. The number of aliphatic carboxylic acids is 1. The van der Waals surface area contributed by atoms with Gasteiger partial charge in [-0.2, -0.15) is 0 Å². The number of amides is 1. The fraction of sp³-hybridized carbons (Fsp3) is 0.545. The van der Waals surface area contributed by atoms with Crippen LogP contribution in [0.25, 0.3) is 0 Å². The van der Waals surface area contributed by atoms with Crippen LogP contribution in [-0.4, -0.2) is 39.5 Å². The molecule has 92 valence electrons. The number of hydrogen-bond acceptors (Lipinski definition) is 4. The number of likely N-dealkylation sites (tertiary alicyclic amines) is 1. The highest BCUT2D eigenvalue weighted by Gasteiger charge is 2.34. The van der Waals surface area contributed by atoms with Gasteiger partial charge in [0.25, 0.3) is 5.89 Å².